The Bertz CT molecular complexity index is 348. The van der Waals surface area contributed by atoms with Gasteiger partial charge in [-0.3, -0.25) is 0 Å². The van der Waals surface area contributed by atoms with Gasteiger partial charge in [0.05, 0.1) is 10.6 Å². The number of nitriles is 1. The van der Waals surface area contributed by atoms with Crippen molar-refractivity contribution >= 4 is 17.4 Å². The van der Waals surface area contributed by atoms with Gasteiger partial charge in [0.1, 0.15) is 11.9 Å². The van der Waals surface area contributed by atoms with Gasteiger partial charge in [0.2, 0.25) is 0 Å². The third-order valence-electron chi connectivity index (χ3n) is 1.60. The molecule has 0 bridgehead atoms. The van der Waals surface area contributed by atoms with Crippen LogP contribution in [0.5, 0.6) is 0 Å². The predicted molar refractivity (Wildman–Crippen MR) is 54.2 cm³/mol. The van der Waals surface area contributed by atoms with Crippen molar-refractivity contribution in [3.05, 3.63) is 22.8 Å². The molecule has 0 atom stereocenters. The highest BCUT2D eigenvalue weighted by atomic mass is 35.5. The Balaban J connectivity index is 2.65. The van der Waals surface area contributed by atoms with Crippen LogP contribution in [0.1, 0.15) is 12.0 Å². The zero-order chi connectivity index (χ0) is 10.4. The molecule has 0 aliphatic heterocycles. The van der Waals surface area contributed by atoms with E-state index in [1.54, 1.807) is 6.07 Å². The number of rotatable bonds is 4. The highest BCUT2D eigenvalue weighted by molar-refractivity contribution is 6.33. The molecule has 0 aliphatic rings. The first-order chi connectivity index (χ1) is 6.77. The van der Waals surface area contributed by atoms with Crippen LogP contribution in [-0.4, -0.2) is 23.2 Å². The van der Waals surface area contributed by atoms with Crippen LogP contribution in [0.3, 0.4) is 0 Å². The van der Waals surface area contributed by atoms with E-state index in [2.05, 4.69) is 10.3 Å². The summed E-state index contributed by atoms with van der Waals surface area (Å²) in [4.78, 5) is 3.97. The molecule has 1 aromatic rings. The van der Waals surface area contributed by atoms with Crippen molar-refractivity contribution in [3.63, 3.8) is 0 Å². The molecule has 0 saturated carbocycles. The summed E-state index contributed by atoms with van der Waals surface area (Å²) in [6.45, 7) is 0.732. The summed E-state index contributed by atoms with van der Waals surface area (Å²) in [6.07, 6.45) is 2.09. The first kappa shape index (κ1) is 10.8. The van der Waals surface area contributed by atoms with Crippen LogP contribution in [0.2, 0.25) is 5.02 Å². The number of aliphatic hydroxyl groups excluding tert-OH is 1. The van der Waals surface area contributed by atoms with E-state index in [9.17, 15) is 0 Å². The summed E-state index contributed by atoms with van der Waals surface area (Å²) in [5, 5.41) is 20.5. The Morgan fingerprint density at radius 3 is 3.00 bits per heavy atom. The van der Waals surface area contributed by atoms with Crippen molar-refractivity contribution < 1.29 is 5.11 Å². The summed E-state index contributed by atoms with van der Waals surface area (Å²) in [5.41, 5.74) is 0.433. The van der Waals surface area contributed by atoms with Crippen molar-refractivity contribution in [2.24, 2.45) is 0 Å². The average molecular weight is 212 g/mol. The fourth-order valence-corrected chi connectivity index (χ4v) is 1.15. The van der Waals surface area contributed by atoms with Crippen LogP contribution in [0.15, 0.2) is 12.3 Å². The SMILES string of the molecule is N#Cc1cnc(NCCCO)c(Cl)c1. The smallest absolute Gasteiger partial charge is 0.144 e. The second kappa shape index (κ2) is 5.43. The van der Waals surface area contributed by atoms with E-state index in [-0.39, 0.29) is 6.61 Å². The fourth-order valence-electron chi connectivity index (χ4n) is 0.915. The van der Waals surface area contributed by atoms with Crippen molar-refractivity contribution in [3.8, 4) is 6.07 Å². The summed E-state index contributed by atoms with van der Waals surface area (Å²) < 4.78 is 0. The number of hydrogen-bond acceptors (Lipinski definition) is 4. The van der Waals surface area contributed by atoms with Gasteiger partial charge in [-0.1, -0.05) is 11.6 Å². The lowest BCUT2D eigenvalue weighted by molar-refractivity contribution is 0.292. The topological polar surface area (TPSA) is 68.9 Å². The second-order valence-electron chi connectivity index (χ2n) is 2.67. The maximum absolute atomic E-state index is 8.56. The van der Waals surface area contributed by atoms with Gasteiger partial charge in [0, 0.05) is 19.3 Å². The number of aliphatic hydroxyl groups is 1. The highest BCUT2D eigenvalue weighted by Gasteiger charge is 2.01. The average Bonchev–Trinajstić information content (AvgIpc) is 2.20. The first-order valence-electron chi connectivity index (χ1n) is 4.18. The van der Waals surface area contributed by atoms with E-state index >= 15 is 0 Å². The van der Waals surface area contributed by atoms with E-state index in [1.165, 1.54) is 6.20 Å². The molecule has 0 aliphatic carbocycles. The molecule has 0 aromatic carbocycles. The van der Waals surface area contributed by atoms with Gasteiger partial charge >= 0.3 is 0 Å². The molecule has 1 rings (SSSR count). The number of aromatic nitrogens is 1. The van der Waals surface area contributed by atoms with Crippen LogP contribution < -0.4 is 5.32 Å². The second-order valence-corrected chi connectivity index (χ2v) is 3.08. The van der Waals surface area contributed by atoms with Crippen LogP contribution in [-0.2, 0) is 0 Å². The van der Waals surface area contributed by atoms with Gasteiger partial charge in [-0.2, -0.15) is 5.26 Å². The van der Waals surface area contributed by atoms with E-state index < -0.39 is 0 Å². The lowest BCUT2D eigenvalue weighted by atomic mass is 10.3. The normalized spacial score (nSPS) is 9.50. The summed E-state index contributed by atoms with van der Waals surface area (Å²) in [5.74, 6) is 0.541. The molecular weight excluding hydrogens is 202 g/mol. The Morgan fingerprint density at radius 2 is 2.43 bits per heavy atom. The molecule has 74 valence electrons. The number of halogens is 1. The van der Waals surface area contributed by atoms with Crippen molar-refractivity contribution in [2.75, 3.05) is 18.5 Å². The van der Waals surface area contributed by atoms with E-state index in [1.807, 2.05) is 6.07 Å². The maximum atomic E-state index is 8.56. The third kappa shape index (κ3) is 2.87. The lowest BCUT2D eigenvalue weighted by Gasteiger charge is -2.05. The Hall–Kier alpha value is -1.31. The monoisotopic (exact) mass is 211 g/mol. The zero-order valence-electron chi connectivity index (χ0n) is 7.50. The zero-order valence-corrected chi connectivity index (χ0v) is 8.25. The van der Waals surface area contributed by atoms with Gasteiger partial charge in [0.25, 0.3) is 0 Å². The number of nitrogens with zero attached hydrogens (tertiary/aromatic N) is 2. The summed E-state index contributed by atoms with van der Waals surface area (Å²) in [7, 11) is 0. The standard InChI is InChI=1S/C9H10ClN3O/c10-8-4-7(5-11)6-13-9(8)12-2-1-3-14/h4,6,14H,1-3H2,(H,12,13). The third-order valence-corrected chi connectivity index (χ3v) is 1.89. The molecular formula is C9H10ClN3O. The molecule has 0 spiro atoms. The largest absolute Gasteiger partial charge is 0.396 e. The number of anilines is 1. The molecule has 1 heterocycles. The Labute approximate surface area is 87.2 Å². The molecule has 0 radical (unpaired) electrons. The molecule has 0 fully saturated rings. The molecule has 2 N–H and O–H groups in total. The number of hydrogen-bond donors (Lipinski definition) is 2. The van der Waals surface area contributed by atoms with Crippen LogP contribution in [0.4, 0.5) is 5.82 Å². The van der Waals surface area contributed by atoms with Crippen LogP contribution in [0, 0.1) is 11.3 Å². The molecule has 5 heteroatoms. The summed E-state index contributed by atoms with van der Waals surface area (Å²) in [6, 6.07) is 3.50. The highest BCUT2D eigenvalue weighted by Crippen LogP contribution is 2.19. The lowest BCUT2D eigenvalue weighted by Crippen LogP contribution is -2.05. The van der Waals surface area contributed by atoms with Gasteiger partial charge in [-0.15, -0.1) is 0 Å². The van der Waals surface area contributed by atoms with E-state index in [0.717, 1.165) is 0 Å². The molecule has 1 aromatic heterocycles. The minimum Gasteiger partial charge on any atom is -0.396 e. The minimum absolute atomic E-state index is 0.126. The van der Waals surface area contributed by atoms with Gasteiger partial charge in [-0.25, -0.2) is 4.98 Å². The number of pyridine rings is 1. The van der Waals surface area contributed by atoms with Crippen LogP contribution >= 0.6 is 11.6 Å². The molecule has 0 amide bonds. The maximum Gasteiger partial charge on any atom is 0.144 e. The van der Waals surface area contributed by atoms with E-state index in [0.29, 0.717) is 29.4 Å². The number of nitrogens with one attached hydrogen (secondary N) is 1. The van der Waals surface area contributed by atoms with Crippen LogP contribution in [0.25, 0.3) is 0 Å². The quantitative estimate of drug-likeness (QED) is 0.739. The Kier molecular flexibility index (Phi) is 4.17. The molecule has 4 nitrogen and oxygen atoms in total. The molecule has 0 unspecified atom stereocenters. The van der Waals surface area contributed by atoms with E-state index in [4.69, 9.17) is 22.0 Å². The van der Waals surface area contributed by atoms with Crippen molar-refractivity contribution in [1.29, 1.82) is 5.26 Å². The Morgan fingerprint density at radius 1 is 1.64 bits per heavy atom. The predicted octanol–water partition coefficient (Wildman–Crippen LogP) is 1.40. The van der Waals surface area contributed by atoms with Gasteiger partial charge in [0.15, 0.2) is 0 Å². The summed E-state index contributed by atoms with van der Waals surface area (Å²) >= 11 is 5.85. The van der Waals surface area contributed by atoms with Crippen molar-refractivity contribution in [2.45, 2.75) is 6.42 Å². The van der Waals surface area contributed by atoms with Gasteiger partial charge in [-0.05, 0) is 12.5 Å². The molecule has 0 saturated heterocycles. The first-order valence-corrected chi connectivity index (χ1v) is 4.56. The fraction of sp³-hybridized carbons (Fsp3) is 0.333. The minimum atomic E-state index is 0.126. The van der Waals surface area contributed by atoms with Crippen molar-refractivity contribution in [1.82, 2.24) is 4.98 Å². The van der Waals surface area contributed by atoms with Gasteiger partial charge < -0.3 is 10.4 Å². The molecule has 14 heavy (non-hydrogen) atoms.